The monoisotopic (exact) mass is 316 g/mol. The molecule has 3 N–H and O–H groups in total. The molecule has 0 saturated carbocycles. The van der Waals surface area contributed by atoms with Crippen molar-refractivity contribution in [1.82, 2.24) is 0 Å². The molecule has 0 aliphatic rings. The second-order valence-corrected chi connectivity index (χ2v) is 6.18. The highest BCUT2D eigenvalue weighted by atomic mass is 32.2. The van der Waals surface area contributed by atoms with Gasteiger partial charge in [-0.25, -0.2) is 13.6 Å². The fourth-order valence-electron chi connectivity index (χ4n) is 1.64. The summed E-state index contributed by atoms with van der Waals surface area (Å²) in [6.45, 7) is 3.46. The summed E-state index contributed by atoms with van der Waals surface area (Å²) >= 11 is 0. The van der Waals surface area contributed by atoms with Gasteiger partial charge < -0.3 is 14.8 Å². The number of anilines is 1. The maximum Gasteiger partial charge on any atom is 0.256 e. The predicted octanol–water partition coefficient (Wildman–Crippen LogP) is 1.10. The molecule has 0 heterocycles. The van der Waals surface area contributed by atoms with Gasteiger partial charge in [-0.1, -0.05) is 6.92 Å². The van der Waals surface area contributed by atoms with E-state index in [1.165, 1.54) is 32.4 Å². The Morgan fingerprint density at radius 1 is 1.38 bits per heavy atom. The number of nitrogens with two attached hydrogens (primary N) is 1. The van der Waals surface area contributed by atoms with Crippen LogP contribution in [0.4, 0.5) is 5.69 Å². The zero-order valence-electron chi connectivity index (χ0n) is 12.5. The molecule has 21 heavy (non-hydrogen) atoms. The first kappa shape index (κ1) is 17.4. The van der Waals surface area contributed by atoms with Gasteiger partial charge in [0.15, 0.2) is 0 Å². The molecule has 0 spiro atoms. The molecule has 0 saturated heterocycles. The Hall–Kier alpha value is -1.64. The number of benzene rings is 1. The molecule has 0 aliphatic heterocycles. The molecular weight excluding hydrogens is 296 g/mol. The molecule has 1 atom stereocenters. The van der Waals surface area contributed by atoms with Gasteiger partial charge in [0.05, 0.1) is 7.11 Å². The van der Waals surface area contributed by atoms with Crippen LogP contribution in [0.2, 0.25) is 0 Å². The smallest absolute Gasteiger partial charge is 0.256 e. The summed E-state index contributed by atoms with van der Waals surface area (Å²) in [6, 6.07) is 4.19. The minimum Gasteiger partial charge on any atom is -0.495 e. The zero-order chi connectivity index (χ0) is 16.3. The minimum absolute atomic E-state index is 0.112. The van der Waals surface area contributed by atoms with Gasteiger partial charge in [0.2, 0.25) is 10.0 Å². The van der Waals surface area contributed by atoms with Gasteiger partial charge in [0, 0.05) is 12.8 Å². The molecule has 1 amide bonds. The van der Waals surface area contributed by atoms with Gasteiger partial charge in [0.25, 0.3) is 5.91 Å². The van der Waals surface area contributed by atoms with E-state index in [9.17, 15) is 13.2 Å². The standard InChI is InChI=1S/C13H20N2O5S/c1-5-13(2,20-4)12(16)15-9-6-7-10(19-3)11(8-9)21(14,17)18/h6-8H,5H2,1-4H3,(H,15,16)(H2,14,17,18). The van der Waals surface area contributed by atoms with Crippen LogP contribution < -0.4 is 15.2 Å². The number of amides is 1. The number of nitrogens with one attached hydrogen (secondary N) is 1. The van der Waals surface area contributed by atoms with Gasteiger partial charge >= 0.3 is 0 Å². The lowest BCUT2D eigenvalue weighted by Crippen LogP contribution is -2.41. The first-order chi connectivity index (χ1) is 9.67. The van der Waals surface area contributed by atoms with E-state index in [2.05, 4.69) is 5.32 Å². The lowest BCUT2D eigenvalue weighted by Gasteiger charge is -2.25. The molecular formula is C13H20N2O5S. The van der Waals surface area contributed by atoms with Crippen molar-refractivity contribution >= 4 is 21.6 Å². The van der Waals surface area contributed by atoms with Gasteiger partial charge in [-0.15, -0.1) is 0 Å². The Morgan fingerprint density at radius 2 is 2.00 bits per heavy atom. The van der Waals surface area contributed by atoms with E-state index in [-0.39, 0.29) is 16.6 Å². The van der Waals surface area contributed by atoms with E-state index in [0.717, 1.165) is 0 Å². The topological polar surface area (TPSA) is 108 Å². The highest BCUT2D eigenvalue weighted by Crippen LogP contribution is 2.27. The fourth-order valence-corrected chi connectivity index (χ4v) is 2.36. The summed E-state index contributed by atoms with van der Waals surface area (Å²) in [4.78, 5) is 12.0. The van der Waals surface area contributed by atoms with Crippen molar-refractivity contribution in [3.05, 3.63) is 18.2 Å². The molecule has 0 aromatic heterocycles. The van der Waals surface area contributed by atoms with Crippen LogP contribution in [0, 0.1) is 0 Å². The lowest BCUT2D eigenvalue weighted by atomic mass is 10.0. The summed E-state index contributed by atoms with van der Waals surface area (Å²) < 4.78 is 33.2. The highest BCUT2D eigenvalue weighted by molar-refractivity contribution is 7.89. The number of hydrogen-bond acceptors (Lipinski definition) is 5. The summed E-state index contributed by atoms with van der Waals surface area (Å²) in [5, 5.41) is 7.73. The number of rotatable bonds is 6. The molecule has 0 aliphatic carbocycles. The first-order valence-corrected chi connectivity index (χ1v) is 7.80. The average molecular weight is 316 g/mol. The maximum atomic E-state index is 12.2. The Morgan fingerprint density at radius 3 is 2.43 bits per heavy atom. The van der Waals surface area contributed by atoms with Crippen LogP contribution in [0.25, 0.3) is 0 Å². The third-order valence-corrected chi connectivity index (χ3v) is 4.27. The van der Waals surface area contributed by atoms with Crippen LogP contribution in [0.5, 0.6) is 5.75 Å². The van der Waals surface area contributed by atoms with E-state index in [4.69, 9.17) is 14.6 Å². The number of primary sulfonamides is 1. The zero-order valence-corrected chi connectivity index (χ0v) is 13.3. The SMILES string of the molecule is CCC(C)(OC)C(=O)Nc1ccc(OC)c(S(N)(=O)=O)c1. The van der Waals surface area contributed by atoms with Crippen LogP contribution in [-0.2, 0) is 19.6 Å². The normalized spacial score (nSPS) is 14.3. The minimum atomic E-state index is -3.96. The van der Waals surface area contributed by atoms with Crippen LogP contribution in [0.15, 0.2) is 23.1 Å². The molecule has 1 aromatic rings. The predicted molar refractivity (Wildman–Crippen MR) is 78.7 cm³/mol. The second kappa shape index (κ2) is 6.42. The molecule has 0 bridgehead atoms. The van der Waals surface area contributed by atoms with Gasteiger partial charge in [0.1, 0.15) is 16.2 Å². The van der Waals surface area contributed by atoms with Gasteiger partial charge in [-0.2, -0.15) is 0 Å². The highest BCUT2D eigenvalue weighted by Gasteiger charge is 2.31. The van der Waals surface area contributed by atoms with Crippen LogP contribution in [0.1, 0.15) is 20.3 Å². The molecule has 1 aromatic carbocycles. The van der Waals surface area contributed by atoms with Crippen molar-refractivity contribution in [1.29, 1.82) is 0 Å². The van der Waals surface area contributed by atoms with Crippen molar-refractivity contribution in [2.24, 2.45) is 5.14 Å². The maximum absolute atomic E-state index is 12.2. The molecule has 0 fully saturated rings. The Kier molecular flexibility index (Phi) is 5.32. The number of hydrogen-bond donors (Lipinski definition) is 2. The van der Waals surface area contributed by atoms with Gasteiger partial charge in [-0.3, -0.25) is 4.79 Å². The van der Waals surface area contributed by atoms with E-state index in [0.29, 0.717) is 12.1 Å². The van der Waals surface area contributed by atoms with E-state index < -0.39 is 15.6 Å². The van der Waals surface area contributed by atoms with Crippen molar-refractivity contribution in [3.63, 3.8) is 0 Å². The number of carbonyl (C=O) groups excluding carboxylic acids is 1. The number of carbonyl (C=O) groups is 1. The lowest BCUT2D eigenvalue weighted by molar-refractivity contribution is -0.136. The molecule has 1 rings (SSSR count). The van der Waals surface area contributed by atoms with Crippen LogP contribution in [0.3, 0.4) is 0 Å². The van der Waals surface area contributed by atoms with Crippen molar-refractivity contribution < 1.29 is 22.7 Å². The summed E-state index contributed by atoms with van der Waals surface area (Å²) in [7, 11) is -1.19. The number of methoxy groups -OCH3 is 2. The Labute approximate surface area is 124 Å². The fraction of sp³-hybridized carbons (Fsp3) is 0.462. The largest absolute Gasteiger partial charge is 0.495 e. The Balaban J connectivity index is 3.15. The van der Waals surface area contributed by atoms with Gasteiger partial charge in [-0.05, 0) is 31.5 Å². The summed E-state index contributed by atoms with van der Waals surface area (Å²) in [5.74, 6) is -0.265. The molecule has 1 unspecified atom stereocenters. The Bertz CT molecular complexity index is 623. The molecule has 7 nitrogen and oxygen atoms in total. The molecule has 0 radical (unpaired) electrons. The summed E-state index contributed by atoms with van der Waals surface area (Å²) in [5.41, 5.74) is -0.705. The number of ether oxygens (including phenoxy) is 2. The summed E-state index contributed by atoms with van der Waals surface area (Å²) in [6.07, 6.45) is 0.466. The number of sulfonamides is 1. The van der Waals surface area contributed by atoms with E-state index >= 15 is 0 Å². The first-order valence-electron chi connectivity index (χ1n) is 6.25. The third-order valence-electron chi connectivity index (χ3n) is 3.33. The van der Waals surface area contributed by atoms with E-state index in [1.807, 2.05) is 6.92 Å². The van der Waals surface area contributed by atoms with Crippen molar-refractivity contribution in [2.75, 3.05) is 19.5 Å². The van der Waals surface area contributed by atoms with Crippen LogP contribution in [-0.4, -0.2) is 34.1 Å². The van der Waals surface area contributed by atoms with E-state index in [1.54, 1.807) is 6.92 Å². The van der Waals surface area contributed by atoms with Crippen molar-refractivity contribution in [2.45, 2.75) is 30.8 Å². The van der Waals surface area contributed by atoms with Crippen molar-refractivity contribution in [3.8, 4) is 5.75 Å². The average Bonchev–Trinajstić information content (AvgIpc) is 2.45. The quantitative estimate of drug-likeness (QED) is 0.817. The molecule has 8 heteroatoms. The molecule has 118 valence electrons. The van der Waals surface area contributed by atoms with Crippen LogP contribution >= 0.6 is 0 Å². The third kappa shape index (κ3) is 3.93. The second-order valence-electron chi connectivity index (χ2n) is 4.65.